The minimum absolute atomic E-state index is 0. The summed E-state index contributed by atoms with van der Waals surface area (Å²) in [6, 6.07) is 14.2. The van der Waals surface area contributed by atoms with Crippen molar-refractivity contribution in [2.24, 2.45) is 0 Å². The smallest absolute Gasteiger partial charge is 0.275 e. The van der Waals surface area contributed by atoms with Gasteiger partial charge in [-0.2, -0.15) is 4.90 Å². The number of rotatable bonds is 3. The molecule has 148 valence electrons. The highest BCUT2D eigenvalue weighted by atomic mass is 79.9. The second kappa shape index (κ2) is 8.31. The van der Waals surface area contributed by atoms with E-state index in [4.69, 9.17) is 0 Å². The second-order valence-corrected chi connectivity index (χ2v) is 8.00. The maximum atomic E-state index is 11.8. The first-order valence-corrected chi connectivity index (χ1v) is 9.92. The van der Waals surface area contributed by atoms with E-state index in [2.05, 4.69) is 20.5 Å². The first kappa shape index (κ1) is 21.0. The third-order valence-electron chi connectivity index (χ3n) is 5.34. The minimum Gasteiger partial charge on any atom is -1.00 e. The van der Waals surface area contributed by atoms with Gasteiger partial charge in [0, 0.05) is 28.6 Å². The maximum Gasteiger partial charge on any atom is 0.275 e. The molecule has 0 saturated heterocycles. The third kappa shape index (κ3) is 3.73. The highest BCUT2D eigenvalue weighted by Gasteiger charge is 2.54. The van der Waals surface area contributed by atoms with E-state index in [-0.39, 0.29) is 22.7 Å². The summed E-state index contributed by atoms with van der Waals surface area (Å²) in [6.45, 7) is 1.29. The second-order valence-electron chi connectivity index (χ2n) is 7.08. The van der Waals surface area contributed by atoms with Gasteiger partial charge in [-0.05, 0) is 43.5 Å². The van der Waals surface area contributed by atoms with Gasteiger partial charge in [0.15, 0.2) is 6.54 Å². The van der Waals surface area contributed by atoms with E-state index in [0.717, 1.165) is 41.8 Å². The Balaban J connectivity index is 0.00000225. The molecule has 0 saturated carbocycles. The summed E-state index contributed by atoms with van der Waals surface area (Å²) in [7, 11) is 0. The van der Waals surface area contributed by atoms with Crippen molar-refractivity contribution in [3.05, 3.63) is 68.7 Å². The molecule has 28 heavy (non-hydrogen) atoms. The van der Waals surface area contributed by atoms with Gasteiger partial charge in [-0.1, -0.05) is 28.1 Å². The molecule has 1 unspecified atom stereocenters. The van der Waals surface area contributed by atoms with Crippen LogP contribution in [0, 0.1) is 10.1 Å². The Morgan fingerprint density at radius 2 is 1.89 bits per heavy atom. The lowest BCUT2D eigenvalue weighted by atomic mass is 9.99. The van der Waals surface area contributed by atoms with Crippen molar-refractivity contribution in [2.75, 3.05) is 18.0 Å². The van der Waals surface area contributed by atoms with E-state index in [9.17, 15) is 15.2 Å². The molecular formula is C20H21Br2N3O3. The summed E-state index contributed by atoms with van der Waals surface area (Å²) in [4.78, 5) is 12.8. The van der Waals surface area contributed by atoms with Crippen LogP contribution in [0.2, 0.25) is 0 Å². The van der Waals surface area contributed by atoms with E-state index >= 15 is 0 Å². The monoisotopic (exact) mass is 509 g/mol. The molecule has 2 aromatic rings. The van der Waals surface area contributed by atoms with Crippen LogP contribution in [0.4, 0.5) is 11.4 Å². The van der Waals surface area contributed by atoms with Crippen molar-refractivity contribution in [3.8, 4) is 0 Å². The van der Waals surface area contributed by atoms with Gasteiger partial charge in [0.1, 0.15) is 5.69 Å². The fourth-order valence-corrected chi connectivity index (χ4v) is 4.33. The Labute approximate surface area is 182 Å². The average molecular weight is 511 g/mol. The van der Waals surface area contributed by atoms with Crippen molar-refractivity contribution < 1.29 is 31.6 Å². The first-order valence-electron chi connectivity index (χ1n) is 9.13. The Bertz CT molecular complexity index is 917. The molecule has 0 radical (unpaired) electrons. The Morgan fingerprint density at radius 1 is 1.14 bits per heavy atom. The van der Waals surface area contributed by atoms with Crippen LogP contribution in [0.3, 0.4) is 0 Å². The molecule has 4 rings (SSSR count). The standard InChI is InChI=1S/C20H21BrN3O3.BrH/c21-16-8-10-17(11-9-16)23-19-7-2-1-3-12-22(19)14-20(23,25)15-5-4-6-18(13-15)24(26)27;/h4-6,8-11,13,25H,1-3,7,12,14H2;1H/q+1;/p-1. The Hall–Kier alpha value is -1.77. The van der Waals surface area contributed by atoms with E-state index in [1.165, 1.54) is 18.6 Å². The van der Waals surface area contributed by atoms with Crippen LogP contribution in [0.1, 0.15) is 31.2 Å². The summed E-state index contributed by atoms with van der Waals surface area (Å²) < 4.78 is 3.19. The van der Waals surface area contributed by atoms with Crippen LogP contribution in [0.25, 0.3) is 0 Å². The number of non-ortho nitro benzene ring substituents is 1. The maximum absolute atomic E-state index is 11.8. The summed E-state index contributed by atoms with van der Waals surface area (Å²) in [6.07, 6.45) is 4.21. The fraction of sp³-hybridized carbons (Fsp3) is 0.350. The number of hydrogen-bond acceptors (Lipinski definition) is 4. The highest BCUT2D eigenvalue weighted by Crippen LogP contribution is 2.39. The van der Waals surface area contributed by atoms with Crippen molar-refractivity contribution in [1.29, 1.82) is 0 Å². The predicted octanol–water partition coefficient (Wildman–Crippen LogP) is 1.01. The first-order chi connectivity index (χ1) is 13.0. The van der Waals surface area contributed by atoms with Gasteiger partial charge in [0.25, 0.3) is 17.2 Å². The quantitative estimate of drug-likeness (QED) is 0.380. The molecule has 1 N–H and O–H groups in total. The zero-order valence-electron chi connectivity index (χ0n) is 15.2. The zero-order chi connectivity index (χ0) is 19.0. The molecule has 0 aliphatic carbocycles. The highest BCUT2D eigenvalue weighted by molar-refractivity contribution is 9.10. The molecule has 6 nitrogen and oxygen atoms in total. The van der Waals surface area contributed by atoms with Crippen LogP contribution >= 0.6 is 15.9 Å². The molecule has 2 aromatic carbocycles. The number of nitro benzene ring substituents is 1. The normalized spacial score (nSPS) is 21.7. The summed E-state index contributed by atoms with van der Waals surface area (Å²) >= 11 is 3.46. The van der Waals surface area contributed by atoms with Gasteiger partial charge in [0.05, 0.1) is 11.5 Å². The van der Waals surface area contributed by atoms with Crippen molar-refractivity contribution in [1.82, 2.24) is 0 Å². The van der Waals surface area contributed by atoms with Crippen LogP contribution in [-0.2, 0) is 5.72 Å². The van der Waals surface area contributed by atoms with Crippen molar-refractivity contribution in [3.63, 3.8) is 0 Å². The summed E-state index contributed by atoms with van der Waals surface area (Å²) in [5.41, 5.74) is 0.0718. The zero-order valence-corrected chi connectivity index (χ0v) is 18.4. The molecular weight excluding hydrogens is 490 g/mol. The molecule has 0 aromatic heterocycles. The van der Waals surface area contributed by atoms with Crippen LogP contribution in [-0.4, -0.2) is 33.5 Å². The molecule has 8 heteroatoms. The summed E-state index contributed by atoms with van der Waals surface area (Å²) in [5, 5.41) is 23.1. The van der Waals surface area contributed by atoms with Gasteiger partial charge in [-0.25, -0.2) is 0 Å². The van der Waals surface area contributed by atoms with Crippen molar-refractivity contribution >= 4 is 33.1 Å². The number of nitro groups is 1. The molecule has 2 heterocycles. The van der Waals surface area contributed by atoms with Crippen molar-refractivity contribution in [2.45, 2.75) is 31.4 Å². The molecule has 1 atom stereocenters. The lowest BCUT2D eigenvalue weighted by Gasteiger charge is -2.29. The van der Waals surface area contributed by atoms with E-state index < -0.39 is 10.6 Å². The number of hydrogen-bond donors (Lipinski definition) is 1. The van der Waals surface area contributed by atoms with Gasteiger partial charge in [0.2, 0.25) is 0 Å². The lowest BCUT2D eigenvalue weighted by molar-refractivity contribution is -0.534. The topological polar surface area (TPSA) is 69.6 Å². The van der Waals surface area contributed by atoms with E-state index in [0.29, 0.717) is 12.1 Å². The van der Waals surface area contributed by atoms with E-state index in [1.54, 1.807) is 12.1 Å². The Kier molecular flexibility index (Phi) is 6.21. The van der Waals surface area contributed by atoms with Gasteiger partial charge < -0.3 is 22.1 Å². The van der Waals surface area contributed by atoms with Gasteiger partial charge in [-0.3, -0.25) is 14.7 Å². The lowest BCUT2D eigenvalue weighted by Crippen LogP contribution is -3.00. The fourth-order valence-electron chi connectivity index (χ4n) is 4.07. The summed E-state index contributed by atoms with van der Waals surface area (Å²) in [5.74, 6) is 1.09. The molecule has 0 spiro atoms. The molecule has 0 fully saturated rings. The van der Waals surface area contributed by atoms with Gasteiger partial charge >= 0.3 is 0 Å². The third-order valence-corrected chi connectivity index (χ3v) is 5.87. The Morgan fingerprint density at radius 3 is 2.61 bits per heavy atom. The minimum atomic E-state index is -1.34. The average Bonchev–Trinajstić information content (AvgIpc) is 2.79. The number of benzene rings is 2. The molecule has 2 aliphatic heterocycles. The number of aliphatic hydroxyl groups is 1. The number of amidine groups is 1. The number of anilines is 1. The van der Waals surface area contributed by atoms with E-state index in [1.807, 2.05) is 29.2 Å². The van der Waals surface area contributed by atoms with Crippen LogP contribution in [0.5, 0.6) is 0 Å². The predicted molar refractivity (Wildman–Crippen MR) is 107 cm³/mol. The molecule has 0 amide bonds. The van der Waals surface area contributed by atoms with Crippen LogP contribution < -0.4 is 21.9 Å². The van der Waals surface area contributed by atoms with Gasteiger partial charge in [-0.15, -0.1) is 0 Å². The number of halogens is 2. The number of nitrogens with zero attached hydrogens (tertiary/aromatic N) is 3. The van der Waals surface area contributed by atoms with Crippen LogP contribution in [0.15, 0.2) is 53.0 Å². The molecule has 2 aliphatic rings. The largest absolute Gasteiger partial charge is 1.00 e. The molecule has 0 bridgehead atoms. The SMILES string of the molecule is O=[N+]([O-])c1cccc(C2(O)C[N+]3=C(CCCCC3)N2c2ccc(Br)cc2)c1.[Br-].